The first kappa shape index (κ1) is 12.1. The van der Waals surface area contributed by atoms with E-state index in [0.717, 1.165) is 25.2 Å². The van der Waals surface area contributed by atoms with E-state index in [1.54, 1.807) is 0 Å². The molecule has 2 rings (SSSR count). The molecule has 3 heteroatoms. The summed E-state index contributed by atoms with van der Waals surface area (Å²) in [4.78, 5) is 14.0. The topological polar surface area (TPSA) is 29.5 Å². The Morgan fingerprint density at radius 1 is 1.35 bits per heavy atom. The van der Waals surface area contributed by atoms with E-state index < -0.39 is 0 Å². The summed E-state index contributed by atoms with van der Waals surface area (Å²) in [6.07, 6.45) is 1.26. The largest absolute Gasteiger partial charge is 0.461 e. The van der Waals surface area contributed by atoms with Gasteiger partial charge in [-0.05, 0) is 25.1 Å². The third-order valence-corrected chi connectivity index (χ3v) is 3.11. The van der Waals surface area contributed by atoms with Crippen molar-refractivity contribution in [3.63, 3.8) is 0 Å². The van der Waals surface area contributed by atoms with Crippen LogP contribution in [0, 0.1) is 5.92 Å². The van der Waals surface area contributed by atoms with Crippen molar-refractivity contribution >= 4 is 5.97 Å². The quantitative estimate of drug-likeness (QED) is 0.729. The Bertz CT molecular complexity index is 360. The molecule has 3 nitrogen and oxygen atoms in total. The number of carbonyl (C=O) groups is 1. The van der Waals surface area contributed by atoms with E-state index in [-0.39, 0.29) is 11.9 Å². The Morgan fingerprint density at radius 2 is 2.06 bits per heavy atom. The fourth-order valence-corrected chi connectivity index (χ4v) is 1.90. The van der Waals surface area contributed by atoms with Gasteiger partial charge in [0.05, 0.1) is 5.92 Å². The van der Waals surface area contributed by atoms with Crippen LogP contribution in [0.2, 0.25) is 0 Å². The van der Waals surface area contributed by atoms with Gasteiger partial charge >= 0.3 is 5.97 Å². The number of rotatable bonds is 5. The van der Waals surface area contributed by atoms with Crippen LogP contribution in [0.15, 0.2) is 30.3 Å². The molecular formula is C14H19NO2. The lowest BCUT2D eigenvalue weighted by Gasteiger charge is -2.32. The number of ether oxygens (including phenoxy) is 1. The lowest BCUT2D eigenvalue weighted by atomic mass is 10.1. The minimum absolute atomic E-state index is 0.0287. The lowest BCUT2D eigenvalue weighted by Crippen LogP contribution is -2.41. The molecule has 1 aromatic carbocycles. The van der Waals surface area contributed by atoms with Gasteiger partial charge in [-0.15, -0.1) is 0 Å². The Morgan fingerprint density at radius 3 is 2.65 bits per heavy atom. The Kier molecular flexibility index (Phi) is 4.15. The maximum Gasteiger partial charge on any atom is 0.310 e. The van der Waals surface area contributed by atoms with Gasteiger partial charge in [0, 0.05) is 6.54 Å². The zero-order valence-corrected chi connectivity index (χ0v) is 10.3. The maximum absolute atomic E-state index is 11.7. The van der Waals surface area contributed by atoms with Crippen LogP contribution in [0.3, 0.4) is 0 Å². The normalized spacial score (nSPS) is 17.2. The Labute approximate surface area is 102 Å². The Hall–Kier alpha value is -1.35. The van der Waals surface area contributed by atoms with Gasteiger partial charge in [0.1, 0.15) is 6.61 Å². The molecule has 1 aromatic rings. The van der Waals surface area contributed by atoms with Crippen LogP contribution in [0.5, 0.6) is 0 Å². The van der Waals surface area contributed by atoms with Crippen molar-refractivity contribution in [2.24, 2.45) is 5.92 Å². The second-order valence-electron chi connectivity index (χ2n) is 4.65. The molecule has 17 heavy (non-hydrogen) atoms. The SMILES string of the molecule is C[C@@H](CN1CCC1)C(=O)OCc1ccccc1. The molecule has 1 fully saturated rings. The average molecular weight is 233 g/mol. The van der Waals surface area contributed by atoms with Gasteiger partial charge < -0.3 is 9.64 Å². The van der Waals surface area contributed by atoms with Gasteiger partial charge in [-0.25, -0.2) is 0 Å². The fourth-order valence-electron chi connectivity index (χ4n) is 1.90. The van der Waals surface area contributed by atoms with E-state index in [2.05, 4.69) is 4.90 Å². The van der Waals surface area contributed by atoms with Crippen molar-refractivity contribution in [1.29, 1.82) is 0 Å². The van der Waals surface area contributed by atoms with E-state index in [1.165, 1.54) is 6.42 Å². The van der Waals surface area contributed by atoms with Crippen molar-refractivity contribution in [2.75, 3.05) is 19.6 Å². The first-order valence-corrected chi connectivity index (χ1v) is 6.18. The summed E-state index contributed by atoms with van der Waals surface area (Å²) in [5.41, 5.74) is 1.04. The average Bonchev–Trinajstić information content (AvgIpc) is 2.32. The first-order valence-electron chi connectivity index (χ1n) is 6.18. The number of hydrogen-bond donors (Lipinski definition) is 0. The monoisotopic (exact) mass is 233 g/mol. The number of esters is 1. The first-order chi connectivity index (χ1) is 8.25. The molecule has 0 saturated carbocycles. The van der Waals surface area contributed by atoms with Gasteiger partial charge in [0.25, 0.3) is 0 Å². The highest BCUT2D eigenvalue weighted by Crippen LogP contribution is 2.11. The van der Waals surface area contributed by atoms with Crippen molar-refractivity contribution in [3.05, 3.63) is 35.9 Å². The number of carbonyl (C=O) groups excluding carboxylic acids is 1. The van der Waals surface area contributed by atoms with Crippen LogP contribution >= 0.6 is 0 Å². The minimum Gasteiger partial charge on any atom is -0.461 e. The standard InChI is InChI=1S/C14H19NO2/c1-12(10-15-8-5-9-15)14(16)17-11-13-6-3-2-4-7-13/h2-4,6-7,12H,5,8-11H2,1H3/t12-/m0/s1. The van der Waals surface area contributed by atoms with Crippen molar-refractivity contribution in [3.8, 4) is 0 Å². The van der Waals surface area contributed by atoms with Gasteiger partial charge in [-0.1, -0.05) is 37.3 Å². The predicted octanol–water partition coefficient (Wildman–Crippen LogP) is 2.07. The highest BCUT2D eigenvalue weighted by atomic mass is 16.5. The second-order valence-corrected chi connectivity index (χ2v) is 4.65. The van der Waals surface area contributed by atoms with Gasteiger partial charge in [-0.2, -0.15) is 0 Å². The third kappa shape index (κ3) is 3.56. The molecule has 0 aliphatic carbocycles. The van der Waals surface area contributed by atoms with E-state index in [4.69, 9.17) is 4.74 Å². The maximum atomic E-state index is 11.7. The molecule has 1 heterocycles. The highest BCUT2D eigenvalue weighted by Gasteiger charge is 2.21. The molecule has 1 aliphatic rings. The third-order valence-electron chi connectivity index (χ3n) is 3.11. The summed E-state index contributed by atoms with van der Waals surface area (Å²) in [7, 11) is 0. The van der Waals surface area contributed by atoms with Crippen molar-refractivity contribution < 1.29 is 9.53 Å². The van der Waals surface area contributed by atoms with Gasteiger partial charge in [-0.3, -0.25) is 4.79 Å². The molecule has 0 aromatic heterocycles. The summed E-state index contributed by atoms with van der Waals surface area (Å²) >= 11 is 0. The predicted molar refractivity (Wildman–Crippen MR) is 66.5 cm³/mol. The van der Waals surface area contributed by atoms with E-state index >= 15 is 0 Å². The summed E-state index contributed by atoms with van der Waals surface area (Å²) < 4.78 is 5.29. The summed E-state index contributed by atoms with van der Waals surface area (Å²) in [5.74, 6) is -0.125. The molecule has 1 aliphatic heterocycles. The molecule has 0 spiro atoms. The minimum atomic E-state index is -0.0965. The smallest absolute Gasteiger partial charge is 0.310 e. The van der Waals surface area contributed by atoms with E-state index in [0.29, 0.717) is 6.61 Å². The lowest BCUT2D eigenvalue weighted by molar-refractivity contribution is -0.150. The molecule has 0 amide bonds. The zero-order chi connectivity index (χ0) is 12.1. The molecule has 1 atom stereocenters. The molecule has 0 unspecified atom stereocenters. The molecule has 0 bridgehead atoms. The van der Waals surface area contributed by atoms with Crippen molar-refractivity contribution in [1.82, 2.24) is 4.90 Å². The fraction of sp³-hybridized carbons (Fsp3) is 0.500. The number of nitrogens with zero attached hydrogens (tertiary/aromatic N) is 1. The summed E-state index contributed by atoms with van der Waals surface area (Å²) in [6, 6.07) is 9.79. The second kappa shape index (κ2) is 5.82. The van der Waals surface area contributed by atoms with E-state index in [9.17, 15) is 4.79 Å². The Balaban J connectivity index is 1.72. The van der Waals surface area contributed by atoms with Gasteiger partial charge in [0.15, 0.2) is 0 Å². The van der Waals surface area contributed by atoms with Crippen LogP contribution in [0.1, 0.15) is 18.9 Å². The van der Waals surface area contributed by atoms with Crippen LogP contribution < -0.4 is 0 Å². The van der Waals surface area contributed by atoms with Crippen LogP contribution in [-0.4, -0.2) is 30.5 Å². The molecule has 0 radical (unpaired) electrons. The van der Waals surface area contributed by atoms with Crippen molar-refractivity contribution in [2.45, 2.75) is 20.0 Å². The molecule has 1 saturated heterocycles. The number of hydrogen-bond acceptors (Lipinski definition) is 3. The highest BCUT2D eigenvalue weighted by molar-refractivity contribution is 5.72. The molecule has 92 valence electrons. The van der Waals surface area contributed by atoms with Crippen LogP contribution in [0.4, 0.5) is 0 Å². The van der Waals surface area contributed by atoms with Crippen LogP contribution in [-0.2, 0) is 16.1 Å². The van der Waals surface area contributed by atoms with Gasteiger partial charge in [0.2, 0.25) is 0 Å². The summed E-state index contributed by atoms with van der Waals surface area (Å²) in [5, 5.41) is 0. The number of likely N-dealkylation sites (tertiary alicyclic amines) is 1. The van der Waals surface area contributed by atoms with E-state index in [1.807, 2.05) is 37.3 Å². The molecular weight excluding hydrogens is 214 g/mol. The molecule has 0 N–H and O–H groups in total. The number of benzene rings is 1. The van der Waals surface area contributed by atoms with Crippen LogP contribution in [0.25, 0.3) is 0 Å². The zero-order valence-electron chi connectivity index (χ0n) is 10.3. The summed E-state index contributed by atoms with van der Waals surface area (Å²) in [6.45, 7) is 5.38.